The largest absolute Gasteiger partial charge is 0.497 e. The van der Waals surface area contributed by atoms with E-state index >= 15 is 0 Å². The van der Waals surface area contributed by atoms with Gasteiger partial charge in [0.25, 0.3) is 0 Å². The van der Waals surface area contributed by atoms with Crippen LogP contribution in [0.4, 0.5) is 0 Å². The molecule has 0 spiro atoms. The molecule has 3 atom stereocenters. The number of rotatable bonds is 4. The average molecular weight is 354 g/mol. The van der Waals surface area contributed by atoms with Crippen molar-refractivity contribution in [2.75, 3.05) is 20.0 Å². The summed E-state index contributed by atoms with van der Waals surface area (Å²) in [5, 5.41) is -0.397. The molecule has 0 saturated heterocycles. The molecular weight excluding hydrogens is 332 g/mol. The summed E-state index contributed by atoms with van der Waals surface area (Å²) in [5.41, 5.74) is 0.949. The van der Waals surface area contributed by atoms with Gasteiger partial charge in [0.1, 0.15) is 34.0 Å². The van der Waals surface area contributed by atoms with E-state index in [0.29, 0.717) is 31.4 Å². The lowest BCUT2D eigenvalue weighted by Gasteiger charge is -2.25. The van der Waals surface area contributed by atoms with Crippen LogP contribution in [0.5, 0.6) is 11.5 Å². The van der Waals surface area contributed by atoms with Crippen LogP contribution in [0, 0.1) is 5.92 Å². The second kappa shape index (κ2) is 6.63. The van der Waals surface area contributed by atoms with Gasteiger partial charge in [-0.25, -0.2) is 8.42 Å². The fourth-order valence-corrected chi connectivity index (χ4v) is 4.42. The first kappa shape index (κ1) is 17.1. The van der Waals surface area contributed by atoms with Gasteiger partial charge in [-0.15, -0.1) is 0 Å². The Kier molecular flexibility index (Phi) is 4.71. The molecule has 0 aromatic heterocycles. The van der Waals surface area contributed by atoms with Crippen LogP contribution in [-0.4, -0.2) is 45.7 Å². The molecule has 0 bridgehead atoms. The standard InChI is InChI=1S/C17H22O6S/c1-21-13-4-3-11-7-12(10-22-16(11)9-13)17(18)23-14-5-6-15(8-14)24(2,19)20/h3-4,9,12,14-15H,5-8,10H2,1-2H3. The van der Waals surface area contributed by atoms with Crippen molar-refractivity contribution in [3.05, 3.63) is 23.8 Å². The maximum Gasteiger partial charge on any atom is 0.313 e. The SMILES string of the molecule is COc1ccc2c(c1)OCC(C(=O)OC1CCC(S(C)(=O)=O)C1)C2. The van der Waals surface area contributed by atoms with Gasteiger partial charge in [-0.2, -0.15) is 0 Å². The molecule has 2 aliphatic rings. The zero-order valence-electron chi connectivity index (χ0n) is 13.9. The van der Waals surface area contributed by atoms with Gasteiger partial charge in [0, 0.05) is 18.7 Å². The maximum atomic E-state index is 12.4. The van der Waals surface area contributed by atoms with Crippen molar-refractivity contribution in [3.8, 4) is 11.5 Å². The lowest BCUT2D eigenvalue weighted by molar-refractivity contribution is -0.155. The number of benzene rings is 1. The molecule has 3 unspecified atom stereocenters. The fraction of sp³-hybridized carbons (Fsp3) is 0.588. The lowest BCUT2D eigenvalue weighted by atomic mass is 9.96. The van der Waals surface area contributed by atoms with Crippen molar-refractivity contribution in [3.63, 3.8) is 0 Å². The predicted octanol–water partition coefficient (Wildman–Crippen LogP) is 1.76. The van der Waals surface area contributed by atoms with Gasteiger partial charge in [0.2, 0.25) is 0 Å². The van der Waals surface area contributed by atoms with E-state index < -0.39 is 15.1 Å². The van der Waals surface area contributed by atoms with Crippen molar-refractivity contribution >= 4 is 15.8 Å². The van der Waals surface area contributed by atoms with Crippen molar-refractivity contribution in [2.24, 2.45) is 5.92 Å². The summed E-state index contributed by atoms with van der Waals surface area (Å²) in [5.74, 6) is 0.780. The number of fused-ring (bicyclic) bond motifs is 1. The molecule has 6 nitrogen and oxygen atoms in total. The maximum absolute atomic E-state index is 12.4. The van der Waals surface area contributed by atoms with E-state index in [1.807, 2.05) is 18.2 Å². The molecule has 1 heterocycles. The second-order valence-electron chi connectivity index (χ2n) is 6.51. The molecule has 3 rings (SSSR count). The molecule has 7 heteroatoms. The third-order valence-corrected chi connectivity index (χ3v) is 6.38. The first-order valence-corrected chi connectivity index (χ1v) is 10.0. The number of methoxy groups -OCH3 is 1. The van der Waals surface area contributed by atoms with E-state index in [0.717, 1.165) is 11.3 Å². The van der Waals surface area contributed by atoms with Gasteiger partial charge in [0.15, 0.2) is 0 Å². The molecular formula is C17H22O6S. The second-order valence-corrected chi connectivity index (χ2v) is 8.83. The molecule has 1 aliphatic heterocycles. The van der Waals surface area contributed by atoms with E-state index in [4.69, 9.17) is 14.2 Å². The van der Waals surface area contributed by atoms with E-state index in [-0.39, 0.29) is 24.6 Å². The van der Waals surface area contributed by atoms with Crippen molar-refractivity contribution in [2.45, 2.75) is 37.0 Å². The number of carbonyl (C=O) groups excluding carboxylic acids is 1. The lowest BCUT2D eigenvalue weighted by Crippen LogP contribution is -2.32. The Labute approximate surface area is 142 Å². The molecule has 0 N–H and O–H groups in total. The van der Waals surface area contributed by atoms with Crippen LogP contribution < -0.4 is 9.47 Å². The third-order valence-electron chi connectivity index (χ3n) is 4.74. The van der Waals surface area contributed by atoms with Gasteiger partial charge in [-0.3, -0.25) is 4.79 Å². The van der Waals surface area contributed by atoms with Gasteiger partial charge >= 0.3 is 5.97 Å². The summed E-state index contributed by atoms with van der Waals surface area (Å²) >= 11 is 0. The van der Waals surface area contributed by atoms with Crippen LogP contribution >= 0.6 is 0 Å². The number of hydrogen-bond acceptors (Lipinski definition) is 6. The highest BCUT2D eigenvalue weighted by atomic mass is 32.2. The van der Waals surface area contributed by atoms with Crippen LogP contribution in [0.15, 0.2) is 18.2 Å². The Morgan fingerprint density at radius 2 is 2.08 bits per heavy atom. The van der Waals surface area contributed by atoms with E-state index in [2.05, 4.69) is 0 Å². The minimum Gasteiger partial charge on any atom is -0.497 e. The molecule has 1 saturated carbocycles. The Bertz CT molecular complexity index is 727. The summed E-state index contributed by atoms with van der Waals surface area (Å²) in [6, 6.07) is 5.54. The number of carbonyl (C=O) groups is 1. The predicted molar refractivity (Wildman–Crippen MR) is 88.0 cm³/mol. The average Bonchev–Trinajstić information content (AvgIpc) is 3.02. The first-order chi connectivity index (χ1) is 11.4. The Morgan fingerprint density at radius 1 is 1.29 bits per heavy atom. The Balaban J connectivity index is 1.59. The molecule has 1 aromatic carbocycles. The van der Waals surface area contributed by atoms with Gasteiger partial charge in [-0.05, 0) is 30.9 Å². The molecule has 0 radical (unpaired) electrons. The van der Waals surface area contributed by atoms with E-state index in [9.17, 15) is 13.2 Å². The number of sulfone groups is 1. The molecule has 1 aromatic rings. The monoisotopic (exact) mass is 354 g/mol. The highest BCUT2D eigenvalue weighted by molar-refractivity contribution is 7.91. The fourth-order valence-electron chi connectivity index (χ4n) is 3.29. The smallest absolute Gasteiger partial charge is 0.313 e. The number of hydrogen-bond donors (Lipinski definition) is 0. The van der Waals surface area contributed by atoms with E-state index in [1.165, 1.54) is 6.26 Å². The van der Waals surface area contributed by atoms with Crippen LogP contribution in [0.2, 0.25) is 0 Å². The summed E-state index contributed by atoms with van der Waals surface area (Å²) in [7, 11) is -1.48. The minimum atomic E-state index is -3.07. The number of ether oxygens (including phenoxy) is 3. The first-order valence-electron chi connectivity index (χ1n) is 8.06. The molecule has 1 fully saturated rings. The topological polar surface area (TPSA) is 78.9 Å². The van der Waals surface area contributed by atoms with E-state index in [1.54, 1.807) is 7.11 Å². The molecule has 24 heavy (non-hydrogen) atoms. The Morgan fingerprint density at radius 3 is 2.75 bits per heavy atom. The van der Waals surface area contributed by atoms with Crippen LogP contribution in [0.3, 0.4) is 0 Å². The van der Waals surface area contributed by atoms with Crippen LogP contribution in [0.1, 0.15) is 24.8 Å². The quantitative estimate of drug-likeness (QED) is 0.767. The highest BCUT2D eigenvalue weighted by Crippen LogP contribution is 2.33. The van der Waals surface area contributed by atoms with Crippen LogP contribution in [0.25, 0.3) is 0 Å². The van der Waals surface area contributed by atoms with Crippen LogP contribution in [-0.2, 0) is 25.8 Å². The highest BCUT2D eigenvalue weighted by Gasteiger charge is 2.36. The zero-order valence-corrected chi connectivity index (χ0v) is 14.7. The molecule has 1 aliphatic carbocycles. The van der Waals surface area contributed by atoms with Crippen molar-refractivity contribution < 1.29 is 27.4 Å². The number of esters is 1. The molecule has 132 valence electrons. The summed E-state index contributed by atoms with van der Waals surface area (Å²) in [4.78, 5) is 12.4. The zero-order chi connectivity index (χ0) is 17.3. The summed E-state index contributed by atoms with van der Waals surface area (Å²) < 4.78 is 39.5. The summed E-state index contributed by atoms with van der Waals surface area (Å²) in [6.07, 6.45) is 3.04. The van der Waals surface area contributed by atoms with Crippen molar-refractivity contribution in [1.82, 2.24) is 0 Å². The van der Waals surface area contributed by atoms with Crippen molar-refractivity contribution in [1.29, 1.82) is 0 Å². The normalized spacial score (nSPS) is 26.3. The Hall–Kier alpha value is -1.76. The van der Waals surface area contributed by atoms with Gasteiger partial charge in [-0.1, -0.05) is 6.07 Å². The van der Waals surface area contributed by atoms with Gasteiger partial charge < -0.3 is 14.2 Å². The third kappa shape index (κ3) is 3.66. The van der Waals surface area contributed by atoms with Gasteiger partial charge in [0.05, 0.1) is 18.3 Å². The summed E-state index contributed by atoms with van der Waals surface area (Å²) in [6.45, 7) is 0.265. The molecule has 0 amide bonds. The minimum absolute atomic E-state index is 0.265.